The number of nitriles is 2. The molecular formula is C26H30ClN11O3. The maximum Gasteiger partial charge on any atom is 0.407 e. The van der Waals surface area contributed by atoms with Gasteiger partial charge in [0.25, 0.3) is 0 Å². The van der Waals surface area contributed by atoms with Crippen LogP contribution in [0.2, 0.25) is 5.02 Å². The Hall–Kier alpha value is -4.37. The topological polar surface area (TPSA) is 182 Å². The average molecular weight is 580 g/mol. The van der Waals surface area contributed by atoms with Gasteiger partial charge in [-0.2, -0.15) is 20.0 Å². The molecule has 1 aliphatic carbocycles. The number of piperidine rings is 1. The molecule has 0 spiro atoms. The van der Waals surface area contributed by atoms with E-state index in [4.69, 9.17) is 11.6 Å². The smallest absolute Gasteiger partial charge is 0.407 e. The summed E-state index contributed by atoms with van der Waals surface area (Å²) in [7, 11) is 3.72. The zero-order valence-electron chi connectivity index (χ0n) is 22.6. The number of anilines is 4. The van der Waals surface area contributed by atoms with Gasteiger partial charge in [0.05, 0.1) is 46.4 Å². The maximum atomic E-state index is 11.9. The van der Waals surface area contributed by atoms with Crippen LogP contribution in [0.4, 0.5) is 27.9 Å². The Morgan fingerprint density at radius 1 is 1.22 bits per heavy atom. The summed E-state index contributed by atoms with van der Waals surface area (Å²) in [4.78, 5) is 25.8. The highest BCUT2D eigenvalue weighted by atomic mass is 35.5. The molecule has 0 radical (unpaired) electrons. The first-order chi connectivity index (χ1) is 19.7. The quantitative estimate of drug-likeness (QED) is 0.291. The summed E-state index contributed by atoms with van der Waals surface area (Å²) in [5.74, 6) is 0.622. The molecule has 0 unspecified atom stereocenters. The van der Waals surface area contributed by atoms with Crippen LogP contribution in [-0.4, -0.2) is 104 Å². The third-order valence-electron chi connectivity index (χ3n) is 7.15. The highest BCUT2D eigenvalue weighted by Crippen LogP contribution is 2.38. The van der Waals surface area contributed by atoms with Crippen molar-refractivity contribution in [3.63, 3.8) is 0 Å². The van der Waals surface area contributed by atoms with Crippen LogP contribution in [0.1, 0.15) is 30.5 Å². The zero-order chi connectivity index (χ0) is 29.3. The van der Waals surface area contributed by atoms with Crippen molar-refractivity contribution in [1.29, 1.82) is 10.5 Å². The van der Waals surface area contributed by atoms with E-state index in [1.54, 1.807) is 12.1 Å². The van der Waals surface area contributed by atoms with Gasteiger partial charge in [-0.05, 0) is 45.5 Å². The fourth-order valence-corrected chi connectivity index (χ4v) is 5.13. The number of fused-ring (bicyclic) bond motifs is 1. The minimum Gasteiger partial charge on any atom is -0.465 e. The summed E-state index contributed by atoms with van der Waals surface area (Å²) in [6.45, 7) is 1.35. The highest BCUT2D eigenvalue weighted by molar-refractivity contribution is 6.36. The summed E-state index contributed by atoms with van der Waals surface area (Å²) < 4.78 is 1.40. The molecule has 2 fully saturated rings. The summed E-state index contributed by atoms with van der Waals surface area (Å²) in [5, 5.41) is 51.1. The third kappa shape index (κ3) is 6.05. The molecule has 2 atom stereocenters. The van der Waals surface area contributed by atoms with Gasteiger partial charge in [0.15, 0.2) is 17.2 Å². The van der Waals surface area contributed by atoms with Crippen LogP contribution in [0.3, 0.4) is 0 Å². The number of aliphatic hydroxyl groups is 1. The average Bonchev–Trinajstić information content (AvgIpc) is 3.66. The Bertz CT molecular complexity index is 1540. The van der Waals surface area contributed by atoms with Crippen molar-refractivity contribution in [3.8, 4) is 12.1 Å². The number of β-amino-alcohol motifs (C(OH)–C–C–N with tert-alkyl or cyclic N) is 1. The first-order valence-corrected chi connectivity index (χ1v) is 13.6. The van der Waals surface area contributed by atoms with Crippen LogP contribution >= 0.6 is 11.6 Å². The minimum absolute atomic E-state index is 0.128. The predicted octanol–water partition coefficient (Wildman–Crippen LogP) is 2.32. The lowest BCUT2D eigenvalue weighted by molar-refractivity contribution is 0.0356. The second-order valence-corrected chi connectivity index (χ2v) is 10.8. The number of aromatic nitrogens is 4. The lowest BCUT2D eigenvalue weighted by atomic mass is 9.99. The van der Waals surface area contributed by atoms with E-state index in [0.717, 1.165) is 12.8 Å². The second kappa shape index (κ2) is 11.6. The standard InChI is InChI=1S/C26H30ClN11O3/c1-35(2)7-8-37(26(40)41)19-5-6-36(14-21(19)39)20-10-15(11-28)9-18(22(20)27)32-25-33-23(31-16-3-4-16)24-30-13-17(12-29)38(24)34-25/h9-10,13,16,19,21,39H,3-8,14H2,1-2H3,(H,40,41)(H2,31,32,33,34)/t19-,21-/m1/s1. The zero-order valence-corrected chi connectivity index (χ0v) is 23.4. The van der Waals surface area contributed by atoms with Crippen molar-refractivity contribution < 1.29 is 15.0 Å². The number of hydrogen-bond donors (Lipinski definition) is 4. The highest BCUT2D eigenvalue weighted by Gasteiger charge is 2.35. The molecule has 41 heavy (non-hydrogen) atoms. The van der Waals surface area contributed by atoms with E-state index in [9.17, 15) is 25.5 Å². The summed E-state index contributed by atoms with van der Waals surface area (Å²) in [6.07, 6.45) is 1.77. The number of aliphatic hydroxyl groups excluding tert-OH is 1. The molecule has 1 amide bonds. The number of benzene rings is 1. The molecule has 15 heteroatoms. The summed E-state index contributed by atoms with van der Waals surface area (Å²) in [6, 6.07) is 7.12. The Morgan fingerprint density at radius 2 is 2.00 bits per heavy atom. The van der Waals surface area contributed by atoms with E-state index in [2.05, 4.69) is 37.8 Å². The molecule has 4 N–H and O–H groups in total. The van der Waals surface area contributed by atoms with Crippen LogP contribution in [-0.2, 0) is 0 Å². The van der Waals surface area contributed by atoms with Gasteiger partial charge < -0.3 is 35.5 Å². The number of rotatable bonds is 9. The van der Waals surface area contributed by atoms with Gasteiger partial charge >= 0.3 is 6.09 Å². The number of nitrogens with zero attached hydrogens (tertiary/aromatic N) is 9. The molecule has 1 aliphatic heterocycles. The van der Waals surface area contributed by atoms with Gasteiger partial charge in [-0.1, -0.05) is 11.6 Å². The molecule has 1 aromatic carbocycles. The van der Waals surface area contributed by atoms with Gasteiger partial charge in [0, 0.05) is 32.2 Å². The molecule has 14 nitrogen and oxygen atoms in total. The molecular weight excluding hydrogens is 550 g/mol. The van der Waals surface area contributed by atoms with Crippen molar-refractivity contribution in [2.24, 2.45) is 0 Å². The minimum atomic E-state index is -1.08. The monoisotopic (exact) mass is 579 g/mol. The first kappa shape index (κ1) is 28.2. The van der Waals surface area contributed by atoms with Crippen LogP contribution < -0.4 is 15.5 Å². The lowest BCUT2D eigenvalue weighted by Gasteiger charge is -2.42. The molecule has 2 aromatic heterocycles. The fourth-order valence-electron chi connectivity index (χ4n) is 4.86. The van der Waals surface area contributed by atoms with Crippen molar-refractivity contribution >= 4 is 46.5 Å². The molecule has 5 rings (SSSR count). The second-order valence-electron chi connectivity index (χ2n) is 10.4. The van der Waals surface area contributed by atoms with E-state index >= 15 is 0 Å². The van der Waals surface area contributed by atoms with Gasteiger partial charge in [-0.25, -0.2) is 9.78 Å². The SMILES string of the molecule is CN(C)CCN(C(=O)O)[C@@H]1CCN(c2cc(C#N)cc(Nc3nc(NC4CC4)c4ncc(C#N)n4n3)c2Cl)C[C@H]1O. The lowest BCUT2D eigenvalue weighted by Crippen LogP contribution is -2.56. The largest absolute Gasteiger partial charge is 0.465 e. The van der Waals surface area contributed by atoms with Gasteiger partial charge in [0.1, 0.15) is 6.07 Å². The molecule has 214 valence electrons. The van der Waals surface area contributed by atoms with Crippen LogP contribution in [0.5, 0.6) is 0 Å². The Labute approximate surface area is 241 Å². The number of amides is 1. The number of likely N-dealkylation sites (N-methyl/N-ethyl adjacent to an activating group) is 1. The Kier molecular flexibility index (Phi) is 7.99. The van der Waals surface area contributed by atoms with Crippen LogP contribution in [0.15, 0.2) is 18.3 Å². The van der Waals surface area contributed by atoms with Crippen molar-refractivity contribution in [2.75, 3.05) is 55.8 Å². The molecule has 3 heterocycles. The molecule has 1 saturated carbocycles. The molecule has 0 bridgehead atoms. The number of nitrogens with one attached hydrogen (secondary N) is 2. The number of carbonyl (C=O) groups is 1. The van der Waals surface area contributed by atoms with Crippen molar-refractivity contribution in [2.45, 2.75) is 37.5 Å². The van der Waals surface area contributed by atoms with E-state index in [-0.39, 0.29) is 35.8 Å². The van der Waals surface area contributed by atoms with E-state index in [0.29, 0.717) is 47.9 Å². The van der Waals surface area contributed by atoms with Gasteiger partial charge in [0.2, 0.25) is 5.95 Å². The predicted molar refractivity (Wildman–Crippen MR) is 152 cm³/mol. The van der Waals surface area contributed by atoms with Crippen molar-refractivity contribution in [3.05, 3.63) is 34.6 Å². The van der Waals surface area contributed by atoms with Crippen molar-refractivity contribution in [1.82, 2.24) is 29.4 Å². The summed E-state index contributed by atoms with van der Waals surface area (Å²) in [5.41, 5.74) is 1.86. The van der Waals surface area contributed by atoms with Gasteiger partial charge in [-0.3, -0.25) is 0 Å². The maximum absolute atomic E-state index is 11.9. The molecule has 3 aromatic rings. The Morgan fingerprint density at radius 3 is 2.63 bits per heavy atom. The van der Waals surface area contributed by atoms with Crippen LogP contribution in [0.25, 0.3) is 5.65 Å². The van der Waals surface area contributed by atoms with E-state index < -0.39 is 18.2 Å². The third-order valence-corrected chi connectivity index (χ3v) is 7.54. The molecule has 1 saturated heterocycles. The number of hydrogen-bond acceptors (Lipinski definition) is 11. The number of imidazole rings is 1. The van der Waals surface area contributed by atoms with E-state index in [1.165, 1.54) is 15.6 Å². The number of carboxylic acid groups (broad SMARTS) is 1. The van der Waals surface area contributed by atoms with Gasteiger partial charge in [-0.15, -0.1) is 5.10 Å². The summed E-state index contributed by atoms with van der Waals surface area (Å²) >= 11 is 6.84. The fraction of sp³-hybridized carbons (Fsp3) is 0.462. The first-order valence-electron chi connectivity index (χ1n) is 13.2. The number of halogens is 1. The Balaban J connectivity index is 1.42. The van der Waals surface area contributed by atoms with Crippen LogP contribution in [0, 0.1) is 22.7 Å². The molecule has 2 aliphatic rings. The normalized spacial score (nSPS) is 18.7. The van der Waals surface area contributed by atoms with E-state index in [1.807, 2.05) is 23.9 Å².